The second-order valence-electron chi connectivity index (χ2n) is 4.74. The van der Waals surface area contributed by atoms with Crippen LogP contribution in [0.25, 0.3) is 0 Å². The Bertz CT molecular complexity index is 506. The number of benzene rings is 1. The minimum atomic E-state index is -3.05. The molecular weight excluding hydrogens is 222 g/mol. The zero-order valence-corrected chi connectivity index (χ0v) is 10.4. The second kappa shape index (κ2) is 3.86. The Balaban J connectivity index is 2.46. The minimum absolute atomic E-state index is 0.0552. The smallest absolute Gasteiger partial charge is 0.179 e. The molecule has 1 aromatic carbocycles. The van der Waals surface area contributed by atoms with Crippen LogP contribution in [0.3, 0.4) is 0 Å². The van der Waals surface area contributed by atoms with Crippen LogP contribution in [-0.4, -0.2) is 20.2 Å². The molecule has 0 fully saturated rings. The van der Waals surface area contributed by atoms with Crippen molar-refractivity contribution >= 4 is 9.84 Å². The Hall–Kier alpha value is -0.870. The lowest BCUT2D eigenvalue weighted by Gasteiger charge is -2.07. The van der Waals surface area contributed by atoms with Crippen molar-refractivity contribution in [2.75, 3.05) is 5.75 Å². The summed E-state index contributed by atoms with van der Waals surface area (Å²) in [5, 5.41) is 0. The van der Waals surface area contributed by atoms with Gasteiger partial charge in [0.05, 0.1) is 10.6 Å². The summed E-state index contributed by atoms with van der Waals surface area (Å²) in [6.07, 6.45) is 0.719. The predicted octanol–water partition coefficient (Wildman–Crippen LogP) is 1.47. The third-order valence-corrected chi connectivity index (χ3v) is 4.93. The summed E-state index contributed by atoms with van der Waals surface area (Å²) in [5.74, 6) is 0.355. The van der Waals surface area contributed by atoms with Gasteiger partial charge in [0.2, 0.25) is 0 Å². The zero-order chi connectivity index (χ0) is 11.9. The number of nitrogens with two attached hydrogens (primary N) is 1. The maximum absolute atomic E-state index is 11.9. The summed E-state index contributed by atoms with van der Waals surface area (Å²) in [5.41, 5.74) is 7.67. The van der Waals surface area contributed by atoms with Gasteiger partial charge in [0.25, 0.3) is 0 Å². The predicted molar refractivity (Wildman–Crippen MR) is 64.3 cm³/mol. The molecule has 88 valence electrons. The Morgan fingerprint density at radius 2 is 2.19 bits per heavy atom. The molecule has 3 nitrogen and oxygen atoms in total. The van der Waals surface area contributed by atoms with E-state index < -0.39 is 9.84 Å². The monoisotopic (exact) mass is 239 g/mol. The fraction of sp³-hybridized carbons (Fsp3) is 0.500. The first-order valence-electron chi connectivity index (χ1n) is 5.51. The average molecular weight is 239 g/mol. The van der Waals surface area contributed by atoms with Gasteiger partial charge in [-0.1, -0.05) is 19.1 Å². The SMILES string of the molecule is CC(N)Cc1ccc2c(c1)S(=O)(=O)CC2C. The van der Waals surface area contributed by atoms with E-state index in [-0.39, 0.29) is 17.7 Å². The van der Waals surface area contributed by atoms with Gasteiger partial charge in [0.15, 0.2) is 9.84 Å². The molecule has 0 saturated carbocycles. The molecule has 1 aromatic rings. The van der Waals surface area contributed by atoms with Gasteiger partial charge >= 0.3 is 0 Å². The molecule has 1 aliphatic heterocycles. The Morgan fingerprint density at radius 3 is 2.81 bits per heavy atom. The zero-order valence-electron chi connectivity index (χ0n) is 9.60. The fourth-order valence-corrected chi connectivity index (χ4v) is 4.24. The van der Waals surface area contributed by atoms with Crippen LogP contribution in [0, 0.1) is 0 Å². The first-order chi connectivity index (χ1) is 7.40. The first-order valence-corrected chi connectivity index (χ1v) is 7.16. The fourth-order valence-electron chi connectivity index (χ4n) is 2.26. The van der Waals surface area contributed by atoms with Gasteiger partial charge in [0.1, 0.15) is 0 Å². The molecule has 0 amide bonds. The molecule has 0 aromatic heterocycles. The van der Waals surface area contributed by atoms with E-state index in [4.69, 9.17) is 5.73 Å². The highest BCUT2D eigenvalue weighted by Gasteiger charge is 2.31. The van der Waals surface area contributed by atoms with Crippen LogP contribution >= 0.6 is 0 Å². The molecule has 0 aliphatic carbocycles. The Morgan fingerprint density at radius 1 is 1.50 bits per heavy atom. The molecule has 2 atom stereocenters. The topological polar surface area (TPSA) is 60.2 Å². The van der Waals surface area contributed by atoms with Gasteiger partial charge in [0, 0.05) is 6.04 Å². The normalized spacial score (nSPS) is 24.1. The van der Waals surface area contributed by atoms with E-state index in [1.54, 1.807) is 6.07 Å². The van der Waals surface area contributed by atoms with Crippen LogP contribution in [0.1, 0.15) is 30.9 Å². The third-order valence-electron chi connectivity index (χ3n) is 2.97. The number of hydrogen-bond acceptors (Lipinski definition) is 3. The molecule has 4 heteroatoms. The van der Waals surface area contributed by atoms with E-state index in [2.05, 4.69) is 0 Å². The minimum Gasteiger partial charge on any atom is -0.328 e. The number of sulfone groups is 1. The summed E-state index contributed by atoms with van der Waals surface area (Å²) in [6, 6.07) is 5.76. The highest BCUT2D eigenvalue weighted by atomic mass is 32.2. The van der Waals surface area contributed by atoms with Crippen molar-refractivity contribution in [2.45, 2.75) is 37.1 Å². The molecule has 0 bridgehead atoms. The van der Waals surface area contributed by atoms with E-state index in [0.717, 1.165) is 17.5 Å². The molecule has 2 N–H and O–H groups in total. The van der Waals surface area contributed by atoms with Gasteiger partial charge in [-0.15, -0.1) is 0 Å². The first kappa shape index (κ1) is 11.6. The van der Waals surface area contributed by atoms with Crippen molar-refractivity contribution in [2.24, 2.45) is 5.73 Å². The Labute approximate surface area is 96.6 Å². The quantitative estimate of drug-likeness (QED) is 0.850. The van der Waals surface area contributed by atoms with E-state index >= 15 is 0 Å². The van der Waals surface area contributed by atoms with E-state index in [9.17, 15) is 8.42 Å². The standard InChI is InChI=1S/C12H17NO2S/c1-8-7-16(14,15)12-6-10(5-9(2)13)3-4-11(8)12/h3-4,6,8-9H,5,7,13H2,1-2H3. The summed E-state index contributed by atoms with van der Waals surface area (Å²) in [7, 11) is -3.05. The molecule has 2 unspecified atom stereocenters. The van der Waals surface area contributed by atoms with Crippen molar-refractivity contribution in [3.63, 3.8) is 0 Å². The van der Waals surface area contributed by atoms with Gasteiger partial charge in [-0.05, 0) is 36.5 Å². The largest absolute Gasteiger partial charge is 0.328 e. The van der Waals surface area contributed by atoms with Crippen LogP contribution < -0.4 is 5.73 Å². The number of fused-ring (bicyclic) bond motifs is 1. The Kier molecular flexibility index (Phi) is 2.80. The molecule has 1 aliphatic rings. The summed E-state index contributed by atoms with van der Waals surface area (Å²) >= 11 is 0. The lowest BCUT2D eigenvalue weighted by Crippen LogP contribution is -2.17. The number of hydrogen-bond donors (Lipinski definition) is 1. The highest BCUT2D eigenvalue weighted by Crippen LogP contribution is 2.35. The second-order valence-corrected chi connectivity index (χ2v) is 6.74. The lowest BCUT2D eigenvalue weighted by atomic mass is 10.00. The lowest BCUT2D eigenvalue weighted by molar-refractivity contribution is 0.598. The van der Waals surface area contributed by atoms with Crippen molar-refractivity contribution in [1.82, 2.24) is 0 Å². The van der Waals surface area contributed by atoms with Gasteiger partial charge < -0.3 is 5.73 Å². The molecule has 2 rings (SSSR count). The van der Waals surface area contributed by atoms with Gasteiger partial charge in [-0.3, -0.25) is 0 Å². The van der Waals surface area contributed by atoms with Gasteiger partial charge in [-0.25, -0.2) is 8.42 Å². The van der Waals surface area contributed by atoms with Crippen molar-refractivity contribution in [3.8, 4) is 0 Å². The maximum Gasteiger partial charge on any atom is 0.179 e. The van der Waals surface area contributed by atoms with Crippen molar-refractivity contribution < 1.29 is 8.42 Å². The molecule has 16 heavy (non-hydrogen) atoms. The third kappa shape index (κ3) is 1.99. The molecule has 0 spiro atoms. The number of rotatable bonds is 2. The van der Waals surface area contributed by atoms with Crippen LogP contribution in [0.4, 0.5) is 0 Å². The van der Waals surface area contributed by atoms with Crippen LogP contribution in [-0.2, 0) is 16.3 Å². The van der Waals surface area contributed by atoms with Crippen molar-refractivity contribution in [3.05, 3.63) is 29.3 Å². The summed E-state index contributed by atoms with van der Waals surface area (Å²) < 4.78 is 23.7. The van der Waals surface area contributed by atoms with Gasteiger partial charge in [-0.2, -0.15) is 0 Å². The maximum atomic E-state index is 11.9. The van der Waals surface area contributed by atoms with E-state index in [0.29, 0.717) is 4.90 Å². The van der Waals surface area contributed by atoms with Crippen LogP contribution in [0.2, 0.25) is 0 Å². The molecular formula is C12H17NO2S. The molecule has 0 saturated heterocycles. The summed E-state index contributed by atoms with van der Waals surface area (Å²) in [6.45, 7) is 3.87. The van der Waals surface area contributed by atoms with Crippen LogP contribution in [0.5, 0.6) is 0 Å². The van der Waals surface area contributed by atoms with E-state index in [1.807, 2.05) is 26.0 Å². The van der Waals surface area contributed by atoms with Crippen molar-refractivity contribution in [1.29, 1.82) is 0 Å². The average Bonchev–Trinajstić information content (AvgIpc) is 2.36. The molecule has 0 radical (unpaired) electrons. The highest BCUT2D eigenvalue weighted by molar-refractivity contribution is 7.91. The summed E-state index contributed by atoms with van der Waals surface area (Å²) in [4.78, 5) is 0.512. The van der Waals surface area contributed by atoms with Crippen LogP contribution in [0.15, 0.2) is 23.1 Å². The van der Waals surface area contributed by atoms with E-state index in [1.165, 1.54) is 0 Å². The molecule has 1 heterocycles.